The summed E-state index contributed by atoms with van der Waals surface area (Å²) in [5.74, 6) is 1.14. The number of nitrogens with zero attached hydrogens (tertiary/aromatic N) is 3. The van der Waals surface area contributed by atoms with Gasteiger partial charge >= 0.3 is 0 Å². The van der Waals surface area contributed by atoms with Crippen molar-refractivity contribution in [1.29, 1.82) is 0 Å². The Morgan fingerprint density at radius 1 is 1.47 bits per heavy atom. The smallest absolute Gasteiger partial charge is 0.232 e. The molecule has 0 spiro atoms. The lowest BCUT2D eigenvalue weighted by atomic mass is 10.5. The number of nitrogens with one attached hydrogen (secondary N) is 1. The molecule has 1 N–H and O–H groups in total. The largest absolute Gasteiger partial charge is 0.357 e. The van der Waals surface area contributed by atoms with Crippen LogP contribution in [0.1, 0.15) is 13.8 Å². The normalized spacial score (nSPS) is 10.1. The van der Waals surface area contributed by atoms with Crippen molar-refractivity contribution in [2.75, 3.05) is 31.2 Å². The molecule has 0 atom stereocenters. The Balaban J connectivity index is 2.52. The summed E-state index contributed by atoms with van der Waals surface area (Å²) >= 11 is 1.43. The van der Waals surface area contributed by atoms with Crippen LogP contribution in [-0.4, -0.2) is 46.7 Å². The molecule has 0 saturated heterocycles. The number of carbonyl (C=O) groups is 1. The summed E-state index contributed by atoms with van der Waals surface area (Å²) in [5.41, 5.74) is 0. The molecule has 0 aliphatic heterocycles. The maximum atomic E-state index is 11.8. The van der Waals surface area contributed by atoms with Gasteiger partial charge in [0.15, 0.2) is 0 Å². The summed E-state index contributed by atoms with van der Waals surface area (Å²) in [6, 6.07) is 1.81. The van der Waals surface area contributed by atoms with Gasteiger partial charge in [-0.15, -0.1) is 0 Å². The number of hydrogen-bond acceptors (Lipinski definition) is 5. The van der Waals surface area contributed by atoms with E-state index >= 15 is 0 Å². The predicted molar refractivity (Wildman–Crippen MR) is 70.2 cm³/mol. The maximum Gasteiger partial charge on any atom is 0.232 e. The molecule has 0 radical (unpaired) electrons. The van der Waals surface area contributed by atoms with Crippen LogP contribution < -0.4 is 5.32 Å². The van der Waals surface area contributed by atoms with Crippen molar-refractivity contribution in [1.82, 2.24) is 14.9 Å². The molecule has 1 rings (SSSR count). The van der Waals surface area contributed by atoms with E-state index in [-0.39, 0.29) is 5.91 Å². The molecule has 0 aliphatic carbocycles. The highest BCUT2D eigenvalue weighted by atomic mass is 32.2. The van der Waals surface area contributed by atoms with Crippen LogP contribution in [0.2, 0.25) is 0 Å². The Morgan fingerprint density at radius 2 is 2.18 bits per heavy atom. The molecule has 1 aromatic heterocycles. The summed E-state index contributed by atoms with van der Waals surface area (Å²) in [5, 5.41) is 3.68. The van der Waals surface area contributed by atoms with E-state index in [1.807, 2.05) is 18.7 Å². The molecule has 1 heterocycles. The van der Waals surface area contributed by atoms with E-state index in [2.05, 4.69) is 15.3 Å². The van der Waals surface area contributed by atoms with Crippen LogP contribution in [0.5, 0.6) is 0 Å². The van der Waals surface area contributed by atoms with Crippen molar-refractivity contribution in [2.24, 2.45) is 0 Å². The van der Waals surface area contributed by atoms with Crippen LogP contribution in [0.3, 0.4) is 0 Å². The van der Waals surface area contributed by atoms with Crippen molar-refractivity contribution in [3.05, 3.63) is 12.3 Å². The van der Waals surface area contributed by atoms with Crippen molar-refractivity contribution < 1.29 is 4.79 Å². The molecule has 0 aromatic carbocycles. The molecule has 1 amide bonds. The first kappa shape index (κ1) is 13.8. The van der Waals surface area contributed by atoms with Crippen molar-refractivity contribution in [3.8, 4) is 0 Å². The Labute approximate surface area is 106 Å². The average molecular weight is 254 g/mol. The highest BCUT2D eigenvalue weighted by molar-refractivity contribution is 7.99. The van der Waals surface area contributed by atoms with Crippen LogP contribution in [0.4, 0.5) is 5.95 Å². The molecule has 1 aromatic rings. The first-order valence-electron chi connectivity index (χ1n) is 5.62. The molecule has 0 aliphatic rings. The number of carbonyl (C=O) groups excluding carboxylic acids is 1. The monoisotopic (exact) mass is 254 g/mol. The fourth-order valence-corrected chi connectivity index (χ4v) is 2.11. The third-order valence-electron chi connectivity index (χ3n) is 2.31. The van der Waals surface area contributed by atoms with Crippen LogP contribution in [0, 0.1) is 0 Å². The Bertz CT molecular complexity index is 368. The van der Waals surface area contributed by atoms with E-state index in [9.17, 15) is 4.79 Å². The third kappa shape index (κ3) is 4.22. The highest BCUT2D eigenvalue weighted by Gasteiger charge is 2.10. The van der Waals surface area contributed by atoms with Gasteiger partial charge in [0.2, 0.25) is 11.9 Å². The first-order chi connectivity index (χ1) is 8.21. The number of amides is 1. The van der Waals surface area contributed by atoms with Gasteiger partial charge in [-0.2, -0.15) is 0 Å². The molecular weight excluding hydrogens is 236 g/mol. The van der Waals surface area contributed by atoms with Crippen LogP contribution in [0.15, 0.2) is 17.3 Å². The van der Waals surface area contributed by atoms with E-state index in [1.165, 1.54) is 11.8 Å². The zero-order valence-corrected chi connectivity index (χ0v) is 11.3. The van der Waals surface area contributed by atoms with Crippen molar-refractivity contribution in [3.63, 3.8) is 0 Å². The van der Waals surface area contributed by atoms with E-state index in [1.54, 1.807) is 19.3 Å². The van der Waals surface area contributed by atoms with Gasteiger partial charge in [0, 0.05) is 26.3 Å². The molecule has 5 nitrogen and oxygen atoms in total. The number of aromatic nitrogens is 2. The Hall–Kier alpha value is -1.30. The van der Waals surface area contributed by atoms with Gasteiger partial charge in [0.25, 0.3) is 0 Å². The summed E-state index contributed by atoms with van der Waals surface area (Å²) < 4.78 is 0. The second kappa shape index (κ2) is 7.11. The molecule has 6 heteroatoms. The molecule has 17 heavy (non-hydrogen) atoms. The fourth-order valence-electron chi connectivity index (χ4n) is 1.35. The summed E-state index contributed by atoms with van der Waals surface area (Å²) in [7, 11) is 1.77. The predicted octanol–water partition coefficient (Wildman–Crippen LogP) is 1.48. The van der Waals surface area contributed by atoms with Crippen LogP contribution >= 0.6 is 11.8 Å². The molecule has 0 bridgehead atoms. The van der Waals surface area contributed by atoms with E-state index in [4.69, 9.17) is 0 Å². The summed E-state index contributed by atoms with van der Waals surface area (Å²) in [6.07, 6.45) is 1.68. The molecule has 0 saturated carbocycles. The second-order valence-corrected chi connectivity index (χ2v) is 4.32. The van der Waals surface area contributed by atoms with Gasteiger partial charge in [-0.25, -0.2) is 9.97 Å². The lowest BCUT2D eigenvalue weighted by Crippen LogP contribution is -2.31. The SMILES string of the molecule is CCN(CC)C(=O)CSc1ccnc(NC)n1. The minimum Gasteiger partial charge on any atom is -0.357 e. The van der Waals surface area contributed by atoms with E-state index in [0.29, 0.717) is 11.7 Å². The molecular formula is C11H18N4OS. The zero-order valence-electron chi connectivity index (χ0n) is 10.4. The van der Waals surface area contributed by atoms with Gasteiger partial charge in [-0.3, -0.25) is 4.79 Å². The van der Waals surface area contributed by atoms with Gasteiger partial charge in [-0.1, -0.05) is 11.8 Å². The van der Waals surface area contributed by atoms with Gasteiger partial charge in [0.1, 0.15) is 5.03 Å². The van der Waals surface area contributed by atoms with Gasteiger partial charge < -0.3 is 10.2 Å². The number of rotatable bonds is 6. The highest BCUT2D eigenvalue weighted by Crippen LogP contribution is 2.16. The first-order valence-corrected chi connectivity index (χ1v) is 6.61. The quantitative estimate of drug-likeness (QED) is 0.615. The molecule has 94 valence electrons. The number of thioether (sulfide) groups is 1. The van der Waals surface area contributed by atoms with E-state index < -0.39 is 0 Å². The molecule has 0 fully saturated rings. The lowest BCUT2D eigenvalue weighted by molar-refractivity contribution is -0.127. The van der Waals surface area contributed by atoms with Crippen molar-refractivity contribution >= 4 is 23.6 Å². The Morgan fingerprint density at radius 3 is 2.76 bits per heavy atom. The van der Waals surface area contributed by atoms with E-state index in [0.717, 1.165) is 18.1 Å². The maximum absolute atomic E-state index is 11.8. The third-order valence-corrected chi connectivity index (χ3v) is 3.23. The van der Waals surface area contributed by atoms with Crippen LogP contribution in [-0.2, 0) is 4.79 Å². The standard InChI is InChI=1S/C11H18N4OS/c1-4-15(5-2)10(16)8-17-9-6-7-13-11(12-3)14-9/h6-7H,4-5,8H2,1-3H3,(H,12,13,14). The minimum absolute atomic E-state index is 0.143. The second-order valence-electron chi connectivity index (χ2n) is 3.32. The lowest BCUT2D eigenvalue weighted by Gasteiger charge is -2.17. The fraction of sp³-hybridized carbons (Fsp3) is 0.545. The minimum atomic E-state index is 0.143. The Kier molecular flexibility index (Phi) is 5.76. The van der Waals surface area contributed by atoms with Crippen molar-refractivity contribution in [2.45, 2.75) is 18.9 Å². The summed E-state index contributed by atoms with van der Waals surface area (Å²) in [6.45, 7) is 5.47. The number of anilines is 1. The van der Waals surface area contributed by atoms with Gasteiger partial charge in [0.05, 0.1) is 5.75 Å². The average Bonchev–Trinajstić information content (AvgIpc) is 2.38. The van der Waals surface area contributed by atoms with Crippen LogP contribution in [0.25, 0.3) is 0 Å². The number of hydrogen-bond donors (Lipinski definition) is 1. The molecule has 0 unspecified atom stereocenters. The van der Waals surface area contributed by atoms with Gasteiger partial charge in [-0.05, 0) is 19.9 Å². The topological polar surface area (TPSA) is 58.1 Å². The zero-order chi connectivity index (χ0) is 12.7. The summed E-state index contributed by atoms with van der Waals surface area (Å²) in [4.78, 5) is 21.9.